The van der Waals surface area contributed by atoms with Crippen molar-refractivity contribution in [1.82, 2.24) is 4.90 Å². The Morgan fingerprint density at radius 1 is 1.25 bits per heavy atom. The number of hydrogen-bond donors (Lipinski definition) is 0. The van der Waals surface area contributed by atoms with Crippen molar-refractivity contribution in [3.05, 3.63) is 23.8 Å². The topological polar surface area (TPSA) is 72.9 Å². The summed E-state index contributed by atoms with van der Waals surface area (Å²) in [6.45, 7) is 6.36. The Hall–Kier alpha value is -1.76. The van der Waals surface area contributed by atoms with Crippen molar-refractivity contribution in [3.63, 3.8) is 0 Å². The highest BCUT2D eigenvalue weighted by Crippen LogP contribution is 2.30. The molecule has 0 atom stereocenters. The molecule has 0 N–H and O–H groups in total. The molecule has 0 spiro atoms. The average molecular weight is 357 g/mol. The molecule has 0 aliphatic heterocycles. The van der Waals surface area contributed by atoms with Gasteiger partial charge in [0.25, 0.3) is 0 Å². The zero-order valence-corrected chi connectivity index (χ0v) is 15.9. The molecule has 6 nitrogen and oxygen atoms in total. The van der Waals surface area contributed by atoms with Crippen LogP contribution in [0.5, 0.6) is 11.5 Å². The third kappa shape index (κ3) is 6.39. The second-order valence-electron chi connectivity index (χ2n) is 5.99. The summed E-state index contributed by atoms with van der Waals surface area (Å²) in [7, 11) is -2.22. The van der Waals surface area contributed by atoms with Gasteiger partial charge in [0, 0.05) is 19.0 Å². The standard InChI is InChI=1S/C17H27NO5S/c1-6-7-8-17(19)18(13(2)3)12-14-9-10-15(22-4)16(11-14)23-24(5,20)21/h9-11,13H,6-8,12H2,1-5H3. The van der Waals surface area contributed by atoms with Crippen LogP contribution in [0.25, 0.3) is 0 Å². The third-order valence-corrected chi connectivity index (χ3v) is 3.99. The van der Waals surface area contributed by atoms with E-state index in [-0.39, 0.29) is 17.7 Å². The molecule has 1 aromatic rings. The van der Waals surface area contributed by atoms with Crippen LogP contribution in [0.3, 0.4) is 0 Å². The van der Waals surface area contributed by atoms with Gasteiger partial charge in [0.05, 0.1) is 13.4 Å². The van der Waals surface area contributed by atoms with Crippen molar-refractivity contribution in [2.24, 2.45) is 0 Å². The number of unbranched alkanes of at least 4 members (excludes halogenated alkanes) is 1. The van der Waals surface area contributed by atoms with E-state index in [1.807, 2.05) is 20.8 Å². The first-order valence-electron chi connectivity index (χ1n) is 8.03. The van der Waals surface area contributed by atoms with Crippen molar-refractivity contribution in [2.45, 2.75) is 52.6 Å². The fraction of sp³-hybridized carbons (Fsp3) is 0.588. The van der Waals surface area contributed by atoms with Gasteiger partial charge < -0.3 is 13.8 Å². The molecule has 0 aliphatic rings. The van der Waals surface area contributed by atoms with Crippen LogP contribution in [0.4, 0.5) is 0 Å². The van der Waals surface area contributed by atoms with Crippen LogP contribution in [-0.4, -0.2) is 38.6 Å². The van der Waals surface area contributed by atoms with Gasteiger partial charge in [0.15, 0.2) is 11.5 Å². The van der Waals surface area contributed by atoms with Crippen molar-refractivity contribution in [1.29, 1.82) is 0 Å². The van der Waals surface area contributed by atoms with Gasteiger partial charge in [-0.15, -0.1) is 0 Å². The Balaban J connectivity index is 3.03. The Bertz CT molecular complexity index is 655. The fourth-order valence-electron chi connectivity index (χ4n) is 2.27. The summed E-state index contributed by atoms with van der Waals surface area (Å²) in [5, 5.41) is 0. The third-order valence-electron chi connectivity index (χ3n) is 3.51. The summed E-state index contributed by atoms with van der Waals surface area (Å²) in [5.41, 5.74) is 0.785. The molecule has 0 saturated carbocycles. The molecule has 136 valence electrons. The summed E-state index contributed by atoms with van der Waals surface area (Å²) < 4.78 is 32.9. The molecular formula is C17H27NO5S. The van der Waals surface area contributed by atoms with E-state index >= 15 is 0 Å². The van der Waals surface area contributed by atoms with Crippen LogP contribution in [0, 0.1) is 0 Å². The molecule has 0 fully saturated rings. The van der Waals surface area contributed by atoms with Gasteiger partial charge in [-0.1, -0.05) is 19.4 Å². The molecule has 1 aromatic carbocycles. The van der Waals surface area contributed by atoms with E-state index < -0.39 is 10.1 Å². The largest absolute Gasteiger partial charge is 0.493 e. The molecule has 0 bridgehead atoms. The highest BCUT2D eigenvalue weighted by molar-refractivity contribution is 7.86. The Kier molecular flexibility index (Phi) is 7.54. The second kappa shape index (κ2) is 8.92. The second-order valence-corrected chi connectivity index (χ2v) is 7.57. The number of rotatable bonds is 9. The minimum Gasteiger partial charge on any atom is -0.493 e. The van der Waals surface area contributed by atoms with Crippen LogP contribution in [0.15, 0.2) is 18.2 Å². The number of ether oxygens (including phenoxy) is 1. The summed E-state index contributed by atoms with van der Waals surface area (Å²) >= 11 is 0. The normalized spacial score (nSPS) is 11.4. The van der Waals surface area contributed by atoms with E-state index in [0.29, 0.717) is 18.7 Å². The highest BCUT2D eigenvalue weighted by Gasteiger charge is 2.18. The first-order chi connectivity index (χ1) is 11.2. The number of methoxy groups -OCH3 is 1. The maximum Gasteiger partial charge on any atom is 0.306 e. The van der Waals surface area contributed by atoms with E-state index in [0.717, 1.165) is 24.7 Å². The van der Waals surface area contributed by atoms with Gasteiger partial charge in [0.2, 0.25) is 5.91 Å². The SMILES string of the molecule is CCCCC(=O)N(Cc1ccc(OC)c(OS(C)(=O)=O)c1)C(C)C. The van der Waals surface area contributed by atoms with E-state index in [2.05, 4.69) is 0 Å². The number of benzene rings is 1. The lowest BCUT2D eigenvalue weighted by molar-refractivity contribution is -0.133. The molecular weight excluding hydrogens is 330 g/mol. The Labute approximate surface area is 144 Å². The summed E-state index contributed by atoms with van der Waals surface area (Å²) in [6.07, 6.45) is 3.31. The molecule has 24 heavy (non-hydrogen) atoms. The first kappa shape index (κ1) is 20.3. The quantitative estimate of drug-likeness (QED) is 0.635. The smallest absolute Gasteiger partial charge is 0.306 e. The molecule has 0 aliphatic carbocycles. The Morgan fingerprint density at radius 2 is 1.92 bits per heavy atom. The molecule has 0 saturated heterocycles. The number of carbonyl (C=O) groups is 1. The van der Waals surface area contributed by atoms with Crippen molar-refractivity contribution < 1.29 is 22.1 Å². The lowest BCUT2D eigenvalue weighted by Crippen LogP contribution is -2.36. The average Bonchev–Trinajstić information content (AvgIpc) is 2.48. The fourth-order valence-corrected chi connectivity index (χ4v) is 2.73. The lowest BCUT2D eigenvalue weighted by Gasteiger charge is -2.27. The van der Waals surface area contributed by atoms with Crippen LogP contribution in [0.1, 0.15) is 45.6 Å². The van der Waals surface area contributed by atoms with Gasteiger partial charge in [-0.05, 0) is 38.0 Å². The molecule has 1 rings (SSSR count). The number of carbonyl (C=O) groups excluding carboxylic acids is 1. The number of nitrogens with zero attached hydrogens (tertiary/aromatic N) is 1. The Morgan fingerprint density at radius 3 is 2.42 bits per heavy atom. The van der Waals surface area contributed by atoms with Gasteiger partial charge in [-0.2, -0.15) is 8.42 Å². The van der Waals surface area contributed by atoms with Crippen molar-refractivity contribution in [3.8, 4) is 11.5 Å². The monoisotopic (exact) mass is 357 g/mol. The zero-order chi connectivity index (χ0) is 18.3. The maximum absolute atomic E-state index is 12.4. The van der Waals surface area contributed by atoms with Crippen LogP contribution in [0.2, 0.25) is 0 Å². The molecule has 0 aromatic heterocycles. The zero-order valence-electron chi connectivity index (χ0n) is 15.0. The van der Waals surface area contributed by atoms with Crippen LogP contribution in [-0.2, 0) is 21.5 Å². The molecule has 1 amide bonds. The lowest BCUT2D eigenvalue weighted by atomic mass is 10.1. The molecule has 0 unspecified atom stereocenters. The van der Waals surface area contributed by atoms with Gasteiger partial charge >= 0.3 is 10.1 Å². The van der Waals surface area contributed by atoms with Crippen molar-refractivity contribution in [2.75, 3.05) is 13.4 Å². The van der Waals surface area contributed by atoms with Crippen LogP contribution < -0.4 is 8.92 Å². The van der Waals surface area contributed by atoms with Gasteiger partial charge in [0.1, 0.15) is 0 Å². The van der Waals surface area contributed by atoms with Crippen molar-refractivity contribution >= 4 is 16.0 Å². The van der Waals surface area contributed by atoms with E-state index in [1.165, 1.54) is 7.11 Å². The predicted molar refractivity (Wildman–Crippen MR) is 93.7 cm³/mol. The van der Waals surface area contributed by atoms with Crippen LogP contribution >= 0.6 is 0 Å². The first-order valence-corrected chi connectivity index (χ1v) is 9.85. The molecule has 0 radical (unpaired) electrons. The van der Waals surface area contributed by atoms with E-state index in [9.17, 15) is 13.2 Å². The van der Waals surface area contributed by atoms with E-state index in [4.69, 9.17) is 8.92 Å². The van der Waals surface area contributed by atoms with Gasteiger partial charge in [-0.25, -0.2) is 0 Å². The highest BCUT2D eigenvalue weighted by atomic mass is 32.2. The summed E-state index contributed by atoms with van der Waals surface area (Å²) in [4.78, 5) is 14.1. The maximum atomic E-state index is 12.4. The predicted octanol–water partition coefficient (Wildman–Crippen LogP) is 2.96. The number of hydrogen-bond acceptors (Lipinski definition) is 5. The minimum absolute atomic E-state index is 0.0516. The van der Waals surface area contributed by atoms with E-state index in [1.54, 1.807) is 23.1 Å². The number of amides is 1. The summed E-state index contributed by atoms with van der Waals surface area (Å²) in [5.74, 6) is 0.549. The summed E-state index contributed by atoms with van der Waals surface area (Å²) in [6, 6.07) is 5.10. The molecule has 7 heteroatoms. The van der Waals surface area contributed by atoms with Gasteiger partial charge in [-0.3, -0.25) is 4.79 Å². The molecule has 0 heterocycles. The minimum atomic E-state index is -3.66.